The predicted octanol–water partition coefficient (Wildman–Crippen LogP) is 1.96. The smallest absolute Gasteiger partial charge is 0.257 e. The van der Waals surface area contributed by atoms with Crippen molar-refractivity contribution in [3.8, 4) is 11.5 Å². The summed E-state index contributed by atoms with van der Waals surface area (Å²) < 4.78 is 10.8. The fraction of sp³-hybridized carbons (Fsp3) is 0.562. The van der Waals surface area contributed by atoms with E-state index in [1.807, 2.05) is 32.0 Å². The molecule has 1 rings (SSSR count). The molecule has 2 N–H and O–H groups in total. The molecule has 1 amide bonds. The number of rotatable bonds is 9. The summed E-state index contributed by atoms with van der Waals surface area (Å²) in [6.07, 6.45) is 0. The quantitative estimate of drug-likeness (QED) is 0.731. The van der Waals surface area contributed by atoms with Crippen molar-refractivity contribution in [2.45, 2.75) is 27.3 Å². The van der Waals surface area contributed by atoms with Gasteiger partial charge in [0.15, 0.2) is 18.1 Å². The lowest BCUT2D eigenvalue weighted by Gasteiger charge is -2.13. The maximum atomic E-state index is 11.6. The summed E-state index contributed by atoms with van der Waals surface area (Å²) in [7, 11) is 1.60. The largest absolute Gasteiger partial charge is 0.493 e. The first kappa shape index (κ1) is 17.3. The average molecular weight is 294 g/mol. The molecule has 5 nitrogen and oxygen atoms in total. The van der Waals surface area contributed by atoms with Gasteiger partial charge >= 0.3 is 0 Å². The number of nitrogens with one attached hydrogen (secondary N) is 2. The number of carbonyl (C=O) groups is 1. The topological polar surface area (TPSA) is 59.6 Å². The van der Waals surface area contributed by atoms with Gasteiger partial charge in [-0.15, -0.1) is 0 Å². The molecule has 0 bridgehead atoms. The highest BCUT2D eigenvalue weighted by Gasteiger charge is 2.09. The third kappa shape index (κ3) is 6.49. The van der Waals surface area contributed by atoms with Gasteiger partial charge in [0, 0.05) is 13.1 Å². The lowest BCUT2D eigenvalue weighted by Crippen LogP contribution is -2.31. The van der Waals surface area contributed by atoms with E-state index in [4.69, 9.17) is 9.47 Å². The van der Waals surface area contributed by atoms with Gasteiger partial charge < -0.3 is 20.1 Å². The van der Waals surface area contributed by atoms with E-state index < -0.39 is 0 Å². The molecule has 21 heavy (non-hydrogen) atoms. The molecule has 0 aliphatic rings. The molecule has 0 spiro atoms. The molecular formula is C16H26N2O3. The molecule has 1 aromatic carbocycles. The van der Waals surface area contributed by atoms with Crippen LogP contribution in [0.25, 0.3) is 0 Å². The second kappa shape index (κ2) is 9.23. The Morgan fingerprint density at radius 3 is 2.67 bits per heavy atom. The molecule has 0 atom stereocenters. The molecule has 0 aliphatic heterocycles. The average Bonchev–Trinajstić information content (AvgIpc) is 2.49. The first-order valence-corrected chi connectivity index (χ1v) is 7.34. The fourth-order valence-electron chi connectivity index (χ4n) is 1.72. The first-order valence-electron chi connectivity index (χ1n) is 7.34. The third-order valence-electron chi connectivity index (χ3n) is 2.87. The zero-order chi connectivity index (χ0) is 15.7. The number of amides is 1. The van der Waals surface area contributed by atoms with Crippen molar-refractivity contribution in [1.82, 2.24) is 10.6 Å². The first-order chi connectivity index (χ1) is 10.1. The maximum absolute atomic E-state index is 11.6. The minimum Gasteiger partial charge on any atom is -0.493 e. The molecule has 0 saturated heterocycles. The highest BCUT2D eigenvalue weighted by molar-refractivity contribution is 5.77. The van der Waals surface area contributed by atoms with Gasteiger partial charge in [0.05, 0.1) is 7.11 Å². The Balaban J connectivity index is 2.56. The molecule has 5 heteroatoms. The van der Waals surface area contributed by atoms with Crippen LogP contribution in [0.4, 0.5) is 0 Å². The Morgan fingerprint density at radius 1 is 1.29 bits per heavy atom. The second-order valence-corrected chi connectivity index (χ2v) is 5.25. The summed E-state index contributed by atoms with van der Waals surface area (Å²) in [5.41, 5.74) is 1.12. The number of benzene rings is 1. The highest BCUT2D eigenvalue weighted by Crippen LogP contribution is 2.27. The second-order valence-electron chi connectivity index (χ2n) is 5.25. The van der Waals surface area contributed by atoms with Crippen LogP contribution >= 0.6 is 0 Å². The third-order valence-corrected chi connectivity index (χ3v) is 2.87. The van der Waals surface area contributed by atoms with Crippen LogP contribution in [-0.2, 0) is 11.3 Å². The van der Waals surface area contributed by atoms with Crippen molar-refractivity contribution < 1.29 is 14.3 Å². The van der Waals surface area contributed by atoms with Crippen LogP contribution in [0.5, 0.6) is 11.5 Å². The molecule has 118 valence electrons. The van der Waals surface area contributed by atoms with Crippen molar-refractivity contribution in [1.29, 1.82) is 0 Å². The fourth-order valence-corrected chi connectivity index (χ4v) is 1.72. The van der Waals surface area contributed by atoms with E-state index in [0.717, 1.165) is 18.7 Å². The molecule has 0 aliphatic carbocycles. The van der Waals surface area contributed by atoms with Gasteiger partial charge in [-0.2, -0.15) is 0 Å². The van der Waals surface area contributed by atoms with Gasteiger partial charge in [0.2, 0.25) is 0 Å². The van der Waals surface area contributed by atoms with Crippen molar-refractivity contribution in [3.63, 3.8) is 0 Å². The van der Waals surface area contributed by atoms with Gasteiger partial charge in [-0.05, 0) is 30.2 Å². The maximum Gasteiger partial charge on any atom is 0.257 e. The number of ether oxygens (including phenoxy) is 2. The van der Waals surface area contributed by atoms with Crippen molar-refractivity contribution in [2.24, 2.45) is 5.92 Å². The van der Waals surface area contributed by atoms with Crippen LogP contribution in [0.1, 0.15) is 26.3 Å². The van der Waals surface area contributed by atoms with E-state index in [0.29, 0.717) is 24.0 Å². The van der Waals surface area contributed by atoms with E-state index >= 15 is 0 Å². The SMILES string of the molecule is CCNCc1ccc(OCC(=O)NCC(C)C)c(OC)c1. The van der Waals surface area contributed by atoms with Gasteiger partial charge in [-0.3, -0.25) is 4.79 Å². The summed E-state index contributed by atoms with van der Waals surface area (Å²) in [5, 5.41) is 6.07. The van der Waals surface area contributed by atoms with Crippen LogP contribution in [0, 0.1) is 5.92 Å². The monoisotopic (exact) mass is 294 g/mol. The van der Waals surface area contributed by atoms with Gasteiger partial charge in [0.25, 0.3) is 5.91 Å². The number of hydrogen-bond donors (Lipinski definition) is 2. The van der Waals surface area contributed by atoms with E-state index in [9.17, 15) is 4.79 Å². The molecular weight excluding hydrogens is 268 g/mol. The van der Waals surface area contributed by atoms with Gasteiger partial charge in [-0.1, -0.05) is 26.8 Å². The van der Waals surface area contributed by atoms with E-state index in [1.54, 1.807) is 7.11 Å². The molecule has 0 aromatic heterocycles. The minimum absolute atomic E-state index is 0.00433. The lowest BCUT2D eigenvalue weighted by molar-refractivity contribution is -0.123. The van der Waals surface area contributed by atoms with E-state index in [-0.39, 0.29) is 12.5 Å². The Hall–Kier alpha value is -1.75. The predicted molar refractivity (Wildman–Crippen MR) is 83.7 cm³/mol. The Kier molecular flexibility index (Phi) is 7.61. The van der Waals surface area contributed by atoms with Crippen molar-refractivity contribution in [2.75, 3.05) is 26.8 Å². The zero-order valence-electron chi connectivity index (χ0n) is 13.4. The molecule has 0 saturated carbocycles. The van der Waals surface area contributed by atoms with Crippen LogP contribution in [0.3, 0.4) is 0 Å². The number of methoxy groups -OCH3 is 1. The summed E-state index contributed by atoms with van der Waals surface area (Å²) in [4.78, 5) is 11.6. The van der Waals surface area contributed by atoms with Crippen molar-refractivity contribution >= 4 is 5.91 Å². The summed E-state index contributed by atoms with van der Waals surface area (Å²) in [6, 6.07) is 5.72. The van der Waals surface area contributed by atoms with E-state index in [2.05, 4.69) is 17.6 Å². The molecule has 0 fully saturated rings. The van der Waals surface area contributed by atoms with Crippen LogP contribution in [0.15, 0.2) is 18.2 Å². The molecule has 0 heterocycles. The molecule has 0 radical (unpaired) electrons. The van der Waals surface area contributed by atoms with Crippen LogP contribution in [-0.4, -0.2) is 32.7 Å². The summed E-state index contributed by atoms with van der Waals surface area (Å²) >= 11 is 0. The lowest BCUT2D eigenvalue weighted by atomic mass is 10.2. The normalized spacial score (nSPS) is 10.5. The summed E-state index contributed by atoms with van der Waals surface area (Å²) in [6.45, 7) is 8.50. The summed E-state index contributed by atoms with van der Waals surface area (Å²) in [5.74, 6) is 1.52. The van der Waals surface area contributed by atoms with Crippen LogP contribution < -0.4 is 20.1 Å². The zero-order valence-corrected chi connectivity index (χ0v) is 13.4. The molecule has 1 aromatic rings. The standard InChI is InChI=1S/C16H26N2O3/c1-5-17-10-13-6-7-14(15(8-13)20-4)21-11-16(19)18-9-12(2)3/h6-8,12,17H,5,9-11H2,1-4H3,(H,18,19). The minimum atomic E-state index is -0.123. The number of carbonyl (C=O) groups excluding carboxylic acids is 1. The molecule has 0 unspecified atom stereocenters. The number of hydrogen-bond acceptors (Lipinski definition) is 4. The van der Waals surface area contributed by atoms with Gasteiger partial charge in [-0.25, -0.2) is 0 Å². The van der Waals surface area contributed by atoms with Gasteiger partial charge in [0.1, 0.15) is 0 Å². The van der Waals surface area contributed by atoms with Crippen LogP contribution in [0.2, 0.25) is 0 Å². The Labute approximate surface area is 127 Å². The van der Waals surface area contributed by atoms with Crippen molar-refractivity contribution in [3.05, 3.63) is 23.8 Å². The Bertz CT molecular complexity index is 447. The Morgan fingerprint density at radius 2 is 2.05 bits per heavy atom. The highest BCUT2D eigenvalue weighted by atomic mass is 16.5. The van der Waals surface area contributed by atoms with E-state index in [1.165, 1.54) is 0 Å².